The first kappa shape index (κ1) is 14.7. The van der Waals surface area contributed by atoms with Gasteiger partial charge in [-0.05, 0) is 29.0 Å². The Morgan fingerprint density at radius 2 is 1.67 bits per heavy atom. The van der Waals surface area contributed by atoms with Gasteiger partial charge in [0.2, 0.25) is 5.91 Å². The number of nitrogens with one attached hydrogen (secondary N) is 1. The number of nitrogens with two attached hydrogens (primary N) is 1. The third kappa shape index (κ3) is 3.84. The fraction of sp³-hybridized carbons (Fsp3) is 0.533. The zero-order chi connectivity index (χ0) is 13.9. The summed E-state index contributed by atoms with van der Waals surface area (Å²) in [5.41, 5.74) is 7.73. The second-order valence-electron chi connectivity index (χ2n) is 6.11. The van der Waals surface area contributed by atoms with Crippen molar-refractivity contribution < 1.29 is 4.79 Å². The van der Waals surface area contributed by atoms with Crippen molar-refractivity contribution in [3.8, 4) is 0 Å². The highest BCUT2D eigenvalue weighted by atomic mass is 16.2. The van der Waals surface area contributed by atoms with Crippen molar-refractivity contribution in [3.05, 3.63) is 29.8 Å². The molecule has 18 heavy (non-hydrogen) atoms. The van der Waals surface area contributed by atoms with Crippen molar-refractivity contribution >= 4 is 11.6 Å². The van der Waals surface area contributed by atoms with Crippen LogP contribution < -0.4 is 11.1 Å². The lowest BCUT2D eigenvalue weighted by Crippen LogP contribution is -2.45. The summed E-state index contributed by atoms with van der Waals surface area (Å²) in [6, 6.07) is 7.39. The van der Waals surface area contributed by atoms with Crippen LogP contribution in [0.4, 0.5) is 5.69 Å². The summed E-state index contributed by atoms with van der Waals surface area (Å²) in [4.78, 5) is 11.9. The fourth-order valence-corrected chi connectivity index (χ4v) is 1.56. The molecule has 3 heteroatoms. The van der Waals surface area contributed by atoms with E-state index in [1.165, 1.54) is 5.56 Å². The lowest BCUT2D eigenvalue weighted by atomic mass is 9.87. The summed E-state index contributed by atoms with van der Waals surface area (Å²) in [6.45, 7) is 10.2. The van der Waals surface area contributed by atoms with Gasteiger partial charge in [-0.3, -0.25) is 4.79 Å². The lowest BCUT2D eigenvalue weighted by molar-refractivity contribution is -0.119. The lowest BCUT2D eigenvalue weighted by Gasteiger charge is -2.25. The molecular weight excluding hydrogens is 224 g/mol. The molecule has 1 aromatic rings. The molecule has 0 aliphatic rings. The maximum atomic E-state index is 11.9. The molecule has 0 aromatic heterocycles. The van der Waals surface area contributed by atoms with Gasteiger partial charge in [0.15, 0.2) is 0 Å². The molecule has 100 valence electrons. The molecular formula is C15H24N2O. The van der Waals surface area contributed by atoms with Crippen molar-refractivity contribution in [3.63, 3.8) is 0 Å². The number of benzene rings is 1. The smallest absolute Gasteiger partial charge is 0.241 e. The van der Waals surface area contributed by atoms with Crippen LogP contribution in [0.15, 0.2) is 24.3 Å². The summed E-state index contributed by atoms with van der Waals surface area (Å²) in [6.07, 6.45) is 0. The number of carbonyl (C=O) groups is 1. The molecule has 0 unspecified atom stereocenters. The molecule has 0 radical (unpaired) electrons. The number of rotatable bonds is 3. The van der Waals surface area contributed by atoms with Crippen molar-refractivity contribution in [2.45, 2.75) is 46.6 Å². The first-order valence-corrected chi connectivity index (χ1v) is 6.38. The van der Waals surface area contributed by atoms with E-state index in [-0.39, 0.29) is 11.3 Å². The Balaban J connectivity index is 2.71. The summed E-state index contributed by atoms with van der Waals surface area (Å²) >= 11 is 0. The molecule has 0 saturated carbocycles. The van der Waals surface area contributed by atoms with Crippen LogP contribution >= 0.6 is 0 Å². The molecule has 3 N–H and O–H groups in total. The number of hydrogen-bond donors (Lipinski definition) is 2. The SMILES string of the molecule is CC(C)c1ccc(NC(=O)[C@@H](N)C(C)(C)C)cc1. The second kappa shape index (κ2) is 5.53. The van der Waals surface area contributed by atoms with Gasteiger partial charge >= 0.3 is 0 Å². The van der Waals surface area contributed by atoms with Crippen molar-refractivity contribution in [1.82, 2.24) is 0 Å². The molecule has 0 fully saturated rings. The zero-order valence-corrected chi connectivity index (χ0v) is 11.9. The number of amides is 1. The van der Waals surface area contributed by atoms with Gasteiger partial charge in [-0.1, -0.05) is 46.8 Å². The summed E-state index contributed by atoms with van der Waals surface area (Å²) in [5, 5.41) is 2.85. The van der Waals surface area contributed by atoms with E-state index in [4.69, 9.17) is 5.73 Å². The van der Waals surface area contributed by atoms with Gasteiger partial charge < -0.3 is 11.1 Å². The van der Waals surface area contributed by atoms with Gasteiger partial charge in [0.05, 0.1) is 6.04 Å². The van der Waals surface area contributed by atoms with E-state index in [0.29, 0.717) is 5.92 Å². The van der Waals surface area contributed by atoms with Gasteiger partial charge in [0.1, 0.15) is 0 Å². The average molecular weight is 248 g/mol. The average Bonchev–Trinajstić information content (AvgIpc) is 2.27. The Labute approximate surface area is 110 Å². The van der Waals surface area contributed by atoms with Gasteiger partial charge in [-0.2, -0.15) is 0 Å². The molecule has 1 amide bonds. The highest BCUT2D eigenvalue weighted by Gasteiger charge is 2.27. The first-order chi connectivity index (χ1) is 8.21. The maximum Gasteiger partial charge on any atom is 0.241 e. The molecule has 0 saturated heterocycles. The highest BCUT2D eigenvalue weighted by Crippen LogP contribution is 2.20. The number of carbonyl (C=O) groups excluding carboxylic acids is 1. The quantitative estimate of drug-likeness (QED) is 0.863. The maximum absolute atomic E-state index is 11.9. The van der Waals surface area contributed by atoms with Crippen LogP contribution in [-0.2, 0) is 4.79 Å². The third-order valence-corrected chi connectivity index (χ3v) is 3.06. The van der Waals surface area contributed by atoms with Crippen LogP contribution in [0.25, 0.3) is 0 Å². The monoisotopic (exact) mass is 248 g/mol. The molecule has 3 nitrogen and oxygen atoms in total. The van der Waals surface area contributed by atoms with E-state index in [9.17, 15) is 4.79 Å². The van der Waals surface area contributed by atoms with Crippen molar-refractivity contribution in [2.24, 2.45) is 11.1 Å². The molecule has 1 atom stereocenters. The Kier molecular flexibility index (Phi) is 4.52. The predicted octanol–water partition coefficient (Wildman–Crippen LogP) is 3.12. The minimum absolute atomic E-state index is 0.139. The molecule has 0 aliphatic heterocycles. The molecule has 0 bridgehead atoms. The van der Waals surface area contributed by atoms with Gasteiger partial charge in [0, 0.05) is 5.69 Å². The Bertz CT molecular complexity index is 401. The number of hydrogen-bond acceptors (Lipinski definition) is 2. The summed E-state index contributed by atoms with van der Waals surface area (Å²) in [7, 11) is 0. The Hall–Kier alpha value is -1.35. The number of anilines is 1. The van der Waals surface area contributed by atoms with Gasteiger partial charge in [-0.25, -0.2) is 0 Å². The van der Waals surface area contributed by atoms with Crippen LogP contribution in [0.2, 0.25) is 0 Å². The van der Waals surface area contributed by atoms with Crippen molar-refractivity contribution in [2.75, 3.05) is 5.32 Å². The molecule has 1 rings (SSSR count). The van der Waals surface area contributed by atoms with Crippen LogP contribution in [0, 0.1) is 5.41 Å². The Morgan fingerprint density at radius 1 is 1.17 bits per heavy atom. The zero-order valence-electron chi connectivity index (χ0n) is 11.9. The van der Waals surface area contributed by atoms with Crippen LogP contribution in [-0.4, -0.2) is 11.9 Å². The van der Waals surface area contributed by atoms with Gasteiger partial charge in [-0.15, -0.1) is 0 Å². The van der Waals surface area contributed by atoms with Crippen LogP contribution in [0.5, 0.6) is 0 Å². The van der Waals surface area contributed by atoms with Crippen LogP contribution in [0.1, 0.15) is 46.1 Å². The van der Waals surface area contributed by atoms with E-state index in [0.717, 1.165) is 5.69 Å². The second-order valence-corrected chi connectivity index (χ2v) is 6.11. The van der Waals surface area contributed by atoms with Gasteiger partial charge in [0.25, 0.3) is 0 Å². The van der Waals surface area contributed by atoms with E-state index >= 15 is 0 Å². The molecule has 0 spiro atoms. The largest absolute Gasteiger partial charge is 0.325 e. The molecule has 1 aromatic carbocycles. The van der Waals surface area contributed by atoms with Crippen LogP contribution in [0.3, 0.4) is 0 Å². The third-order valence-electron chi connectivity index (χ3n) is 3.06. The highest BCUT2D eigenvalue weighted by molar-refractivity contribution is 5.95. The standard InChI is InChI=1S/C15H24N2O/c1-10(2)11-6-8-12(9-7-11)17-14(18)13(16)15(3,4)5/h6-10,13H,16H2,1-5H3,(H,17,18)/t13-/m1/s1. The van der Waals surface area contributed by atoms with E-state index in [1.807, 2.05) is 45.0 Å². The predicted molar refractivity (Wildman–Crippen MR) is 76.6 cm³/mol. The fourth-order valence-electron chi connectivity index (χ4n) is 1.56. The minimum Gasteiger partial charge on any atom is -0.325 e. The molecule has 0 aliphatic carbocycles. The summed E-state index contributed by atoms with van der Waals surface area (Å²) in [5.74, 6) is 0.353. The van der Waals surface area contributed by atoms with E-state index in [2.05, 4.69) is 19.2 Å². The van der Waals surface area contributed by atoms with Crippen molar-refractivity contribution in [1.29, 1.82) is 0 Å². The normalized spacial score (nSPS) is 13.5. The summed E-state index contributed by atoms with van der Waals surface area (Å²) < 4.78 is 0. The van der Waals surface area contributed by atoms with E-state index < -0.39 is 6.04 Å². The Morgan fingerprint density at radius 3 is 2.06 bits per heavy atom. The topological polar surface area (TPSA) is 55.1 Å². The minimum atomic E-state index is -0.512. The first-order valence-electron chi connectivity index (χ1n) is 6.38. The molecule has 0 heterocycles. The van der Waals surface area contributed by atoms with E-state index in [1.54, 1.807) is 0 Å².